The second kappa shape index (κ2) is 7.22. The van der Waals surface area contributed by atoms with Crippen LogP contribution in [0.1, 0.15) is 32.1 Å². The van der Waals surface area contributed by atoms with Crippen molar-refractivity contribution < 1.29 is 19.4 Å². The lowest BCUT2D eigenvalue weighted by Crippen LogP contribution is -2.51. The molecule has 0 aromatic rings. The summed E-state index contributed by atoms with van der Waals surface area (Å²) in [6, 6.07) is 0. The summed E-state index contributed by atoms with van der Waals surface area (Å²) in [5.74, 6) is 0.0772. The first-order chi connectivity index (χ1) is 10.1. The molecule has 0 spiro atoms. The van der Waals surface area contributed by atoms with E-state index in [0.29, 0.717) is 26.1 Å². The predicted octanol–water partition coefficient (Wildman–Crippen LogP) is 0.246. The number of hydrogen-bond acceptors (Lipinski definition) is 4. The number of carbonyl (C=O) groups is 2. The van der Waals surface area contributed by atoms with Crippen molar-refractivity contribution in [3.63, 3.8) is 0 Å². The molecule has 0 aliphatic carbocycles. The van der Waals surface area contributed by atoms with Crippen LogP contribution in [-0.2, 0) is 14.3 Å². The lowest BCUT2D eigenvalue weighted by atomic mass is 9.78. The molecule has 0 aromatic heterocycles. The minimum Gasteiger partial charge on any atom is -0.396 e. The molecule has 2 aliphatic heterocycles. The zero-order valence-electron chi connectivity index (χ0n) is 12.8. The van der Waals surface area contributed by atoms with Gasteiger partial charge in [0.2, 0.25) is 11.8 Å². The molecule has 1 unspecified atom stereocenters. The third-order valence-electron chi connectivity index (χ3n) is 4.68. The van der Waals surface area contributed by atoms with E-state index in [1.54, 1.807) is 16.9 Å². The zero-order chi connectivity index (χ0) is 15.3. The van der Waals surface area contributed by atoms with Gasteiger partial charge in [0, 0.05) is 45.2 Å². The van der Waals surface area contributed by atoms with Gasteiger partial charge in [0.25, 0.3) is 0 Å². The summed E-state index contributed by atoms with van der Waals surface area (Å²) >= 11 is 0. The fourth-order valence-corrected chi connectivity index (χ4v) is 3.29. The van der Waals surface area contributed by atoms with Gasteiger partial charge in [-0.3, -0.25) is 9.59 Å². The van der Waals surface area contributed by atoms with Gasteiger partial charge in [-0.2, -0.15) is 0 Å². The first-order valence-corrected chi connectivity index (χ1v) is 7.75. The van der Waals surface area contributed by atoms with E-state index in [1.807, 2.05) is 0 Å². The minimum atomic E-state index is -0.251. The van der Waals surface area contributed by atoms with Crippen LogP contribution < -0.4 is 0 Å². The van der Waals surface area contributed by atoms with Crippen LogP contribution in [0, 0.1) is 5.41 Å². The molecule has 2 heterocycles. The number of aliphatic hydroxyl groups excluding tert-OH is 1. The average Bonchev–Trinajstić information content (AvgIpc) is 2.90. The molecule has 6 nitrogen and oxygen atoms in total. The number of aliphatic hydroxyl groups is 1. The molecule has 0 aromatic carbocycles. The van der Waals surface area contributed by atoms with Crippen LogP contribution in [-0.4, -0.2) is 73.2 Å². The number of amides is 2. The molecule has 120 valence electrons. The molecule has 2 fully saturated rings. The Hall–Kier alpha value is -1.14. The highest BCUT2D eigenvalue weighted by molar-refractivity contribution is 5.86. The molecule has 2 rings (SSSR count). The standard InChI is InChI=1S/C15H26N2O4/c1-21-9-6-15(12-18)5-3-8-17(11-15)14(20)10-16-7-2-4-13(16)19/h18H,2-12H2,1H3. The number of nitrogens with zero attached hydrogens (tertiary/aromatic N) is 2. The lowest BCUT2D eigenvalue weighted by Gasteiger charge is -2.42. The highest BCUT2D eigenvalue weighted by Crippen LogP contribution is 2.33. The van der Waals surface area contributed by atoms with E-state index < -0.39 is 0 Å². The van der Waals surface area contributed by atoms with Crippen LogP contribution >= 0.6 is 0 Å². The normalized spacial score (nSPS) is 26.5. The molecule has 1 N–H and O–H groups in total. The summed E-state index contributed by atoms with van der Waals surface area (Å²) in [5, 5.41) is 9.74. The Morgan fingerprint density at radius 2 is 2.19 bits per heavy atom. The minimum absolute atomic E-state index is 0.000178. The van der Waals surface area contributed by atoms with Gasteiger partial charge < -0.3 is 19.6 Å². The van der Waals surface area contributed by atoms with Gasteiger partial charge in [-0.25, -0.2) is 0 Å². The summed E-state index contributed by atoms with van der Waals surface area (Å²) in [7, 11) is 1.65. The molecule has 0 saturated carbocycles. The fourth-order valence-electron chi connectivity index (χ4n) is 3.29. The maximum Gasteiger partial charge on any atom is 0.242 e. The summed E-state index contributed by atoms with van der Waals surface area (Å²) in [5.41, 5.74) is -0.251. The first kappa shape index (κ1) is 16.2. The van der Waals surface area contributed by atoms with Crippen LogP contribution in [0.5, 0.6) is 0 Å². The maximum absolute atomic E-state index is 12.4. The van der Waals surface area contributed by atoms with Crippen molar-refractivity contribution in [2.45, 2.75) is 32.1 Å². The number of carbonyl (C=O) groups excluding carboxylic acids is 2. The Labute approximate surface area is 126 Å². The SMILES string of the molecule is COCCC1(CO)CCCN(C(=O)CN2CCCC2=O)C1. The molecule has 2 aliphatic rings. The molecule has 2 amide bonds. The van der Waals surface area contributed by atoms with E-state index in [2.05, 4.69) is 0 Å². The van der Waals surface area contributed by atoms with E-state index in [9.17, 15) is 14.7 Å². The highest BCUT2D eigenvalue weighted by Gasteiger charge is 2.37. The largest absolute Gasteiger partial charge is 0.396 e. The van der Waals surface area contributed by atoms with E-state index in [1.165, 1.54) is 0 Å². The molecule has 0 radical (unpaired) electrons. The van der Waals surface area contributed by atoms with Crippen LogP contribution in [0.25, 0.3) is 0 Å². The van der Waals surface area contributed by atoms with Crippen molar-refractivity contribution in [2.75, 3.05) is 46.5 Å². The van der Waals surface area contributed by atoms with Crippen molar-refractivity contribution in [3.8, 4) is 0 Å². The van der Waals surface area contributed by atoms with Gasteiger partial charge in [-0.15, -0.1) is 0 Å². The molecule has 6 heteroatoms. The van der Waals surface area contributed by atoms with Crippen molar-refractivity contribution in [1.82, 2.24) is 9.80 Å². The third-order valence-corrected chi connectivity index (χ3v) is 4.68. The molecule has 1 atom stereocenters. The second-order valence-corrected chi connectivity index (χ2v) is 6.24. The molecular formula is C15H26N2O4. The summed E-state index contributed by atoms with van der Waals surface area (Å²) in [6.07, 6.45) is 3.97. The number of likely N-dealkylation sites (tertiary alicyclic amines) is 2. The van der Waals surface area contributed by atoms with Gasteiger partial charge in [-0.05, 0) is 25.7 Å². The topological polar surface area (TPSA) is 70.1 Å². The van der Waals surface area contributed by atoms with Gasteiger partial charge in [0.15, 0.2) is 0 Å². The summed E-state index contributed by atoms with van der Waals surface area (Å²) in [6.45, 7) is 2.82. The van der Waals surface area contributed by atoms with E-state index >= 15 is 0 Å². The number of piperidine rings is 1. The molecule has 21 heavy (non-hydrogen) atoms. The van der Waals surface area contributed by atoms with Gasteiger partial charge in [0.1, 0.15) is 0 Å². The summed E-state index contributed by atoms with van der Waals surface area (Å²) < 4.78 is 5.12. The van der Waals surface area contributed by atoms with E-state index in [-0.39, 0.29) is 30.4 Å². The third kappa shape index (κ3) is 3.95. The summed E-state index contributed by atoms with van der Waals surface area (Å²) in [4.78, 5) is 27.5. The smallest absolute Gasteiger partial charge is 0.242 e. The first-order valence-electron chi connectivity index (χ1n) is 7.75. The maximum atomic E-state index is 12.4. The highest BCUT2D eigenvalue weighted by atomic mass is 16.5. The number of rotatable bonds is 6. The quantitative estimate of drug-likeness (QED) is 0.763. The van der Waals surface area contributed by atoms with Crippen molar-refractivity contribution in [2.24, 2.45) is 5.41 Å². The second-order valence-electron chi connectivity index (χ2n) is 6.24. The lowest BCUT2D eigenvalue weighted by molar-refractivity contribution is -0.141. The Kier molecular flexibility index (Phi) is 5.58. The van der Waals surface area contributed by atoms with Crippen LogP contribution in [0.2, 0.25) is 0 Å². The molecular weight excluding hydrogens is 272 g/mol. The van der Waals surface area contributed by atoms with E-state index in [0.717, 1.165) is 32.2 Å². The molecule has 0 bridgehead atoms. The number of ether oxygens (including phenoxy) is 1. The van der Waals surface area contributed by atoms with Gasteiger partial charge in [-0.1, -0.05) is 0 Å². The van der Waals surface area contributed by atoms with Crippen molar-refractivity contribution >= 4 is 11.8 Å². The van der Waals surface area contributed by atoms with Gasteiger partial charge in [0.05, 0.1) is 13.2 Å². The van der Waals surface area contributed by atoms with Crippen molar-refractivity contribution in [1.29, 1.82) is 0 Å². The Morgan fingerprint density at radius 3 is 2.81 bits per heavy atom. The Morgan fingerprint density at radius 1 is 1.38 bits per heavy atom. The van der Waals surface area contributed by atoms with Crippen LogP contribution in [0.4, 0.5) is 0 Å². The Balaban J connectivity index is 1.92. The fraction of sp³-hybridized carbons (Fsp3) is 0.867. The monoisotopic (exact) mass is 298 g/mol. The predicted molar refractivity (Wildman–Crippen MR) is 77.6 cm³/mol. The Bertz CT molecular complexity index is 388. The molecule has 2 saturated heterocycles. The van der Waals surface area contributed by atoms with E-state index in [4.69, 9.17) is 4.74 Å². The van der Waals surface area contributed by atoms with Crippen molar-refractivity contribution in [3.05, 3.63) is 0 Å². The zero-order valence-corrected chi connectivity index (χ0v) is 12.8. The van der Waals surface area contributed by atoms with Crippen LogP contribution in [0.15, 0.2) is 0 Å². The number of methoxy groups -OCH3 is 1. The average molecular weight is 298 g/mol. The van der Waals surface area contributed by atoms with Gasteiger partial charge >= 0.3 is 0 Å². The number of hydrogen-bond donors (Lipinski definition) is 1. The van der Waals surface area contributed by atoms with Crippen LogP contribution in [0.3, 0.4) is 0 Å².